The van der Waals surface area contributed by atoms with Crippen LogP contribution in [-0.2, 0) is 0 Å². The molecule has 0 amide bonds. The number of carbonyl (C=O) groups is 1. The van der Waals surface area contributed by atoms with Crippen molar-refractivity contribution in [1.82, 2.24) is 0 Å². The summed E-state index contributed by atoms with van der Waals surface area (Å²) >= 11 is 0. The summed E-state index contributed by atoms with van der Waals surface area (Å²) in [5, 5.41) is 0. The number of rotatable bonds is 0. The summed E-state index contributed by atoms with van der Waals surface area (Å²) in [7, 11) is 0. The molecule has 0 aromatic carbocycles. The Morgan fingerprint density at radius 1 is 1.33 bits per heavy atom. The molecule has 0 spiro atoms. The monoisotopic (exact) mass is 162 g/mol. The first-order chi connectivity index (χ1) is 5.79. The van der Waals surface area contributed by atoms with Crippen molar-refractivity contribution in [3.63, 3.8) is 0 Å². The number of carbonyl (C=O) groups excluding carboxylic acids is 1. The second kappa shape index (κ2) is 2.44. The maximum Gasteiger partial charge on any atom is 0.196 e. The Bertz CT molecular complexity index is 412. The maximum absolute atomic E-state index is 11.2. The average Bonchev–Trinajstić information content (AvgIpc) is 2.04. The van der Waals surface area contributed by atoms with E-state index in [9.17, 15) is 9.59 Å². The molecule has 0 radical (unpaired) electrons. The van der Waals surface area contributed by atoms with Crippen LogP contribution in [0.2, 0.25) is 0 Å². The van der Waals surface area contributed by atoms with Crippen molar-refractivity contribution >= 4 is 11.9 Å². The lowest BCUT2D eigenvalue weighted by molar-refractivity contribution is 0.0990. The molecule has 3 heteroatoms. The van der Waals surface area contributed by atoms with Crippen LogP contribution < -0.4 is 5.43 Å². The summed E-state index contributed by atoms with van der Waals surface area (Å²) in [6.45, 7) is 0. The van der Waals surface area contributed by atoms with Crippen LogP contribution in [0.25, 0.3) is 6.08 Å². The van der Waals surface area contributed by atoms with Gasteiger partial charge in [0.1, 0.15) is 11.3 Å². The second-order valence-corrected chi connectivity index (χ2v) is 2.55. The third-order valence-corrected chi connectivity index (χ3v) is 1.76. The van der Waals surface area contributed by atoms with E-state index in [1.165, 1.54) is 12.3 Å². The fourth-order valence-electron chi connectivity index (χ4n) is 1.21. The molecule has 0 fully saturated rings. The molecular formula is C9H6O3. The normalized spacial score (nSPS) is 14.5. The minimum Gasteiger partial charge on any atom is -0.464 e. The lowest BCUT2D eigenvalue weighted by Gasteiger charge is -2.04. The Morgan fingerprint density at radius 2 is 2.17 bits per heavy atom. The first-order valence-corrected chi connectivity index (χ1v) is 3.60. The molecule has 1 aromatic rings. The summed E-state index contributed by atoms with van der Waals surface area (Å²) in [6, 6.07) is 1.26. The zero-order valence-corrected chi connectivity index (χ0v) is 6.24. The van der Waals surface area contributed by atoms with Gasteiger partial charge in [-0.1, -0.05) is 6.08 Å². The molecule has 1 aromatic heterocycles. The lowest BCUT2D eigenvalue weighted by Crippen LogP contribution is -2.16. The molecule has 0 unspecified atom stereocenters. The smallest absolute Gasteiger partial charge is 0.196 e. The minimum atomic E-state index is -0.259. The molecular weight excluding hydrogens is 156 g/mol. The summed E-state index contributed by atoms with van der Waals surface area (Å²) in [5.74, 6) is 0.209. The van der Waals surface area contributed by atoms with E-state index in [1.807, 2.05) is 0 Å². The predicted octanol–water partition coefficient (Wildman–Crippen LogP) is 1.24. The van der Waals surface area contributed by atoms with Gasteiger partial charge < -0.3 is 4.42 Å². The molecule has 0 bridgehead atoms. The van der Waals surface area contributed by atoms with Crippen LogP contribution in [0.15, 0.2) is 27.6 Å². The van der Waals surface area contributed by atoms with E-state index >= 15 is 0 Å². The molecule has 1 aliphatic rings. The van der Waals surface area contributed by atoms with Gasteiger partial charge in [-0.05, 0) is 6.08 Å². The third-order valence-electron chi connectivity index (χ3n) is 1.76. The van der Waals surface area contributed by atoms with Crippen LogP contribution in [0.3, 0.4) is 0 Å². The first kappa shape index (κ1) is 7.03. The van der Waals surface area contributed by atoms with Gasteiger partial charge in [0, 0.05) is 12.5 Å². The number of hydrogen-bond acceptors (Lipinski definition) is 3. The zero-order valence-electron chi connectivity index (χ0n) is 6.24. The van der Waals surface area contributed by atoms with Crippen molar-refractivity contribution in [2.75, 3.05) is 0 Å². The number of allylic oxidation sites excluding steroid dienone is 1. The van der Waals surface area contributed by atoms with Crippen LogP contribution >= 0.6 is 0 Å². The quantitative estimate of drug-likeness (QED) is 0.576. The van der Waals surface area contributed by atoms with Crippen LogP contribution in [0.4, 0.5) is 0 Å². The van der Waals surface area contributed by atoms with Crippen LogP contribution in [0.5, 0.6) is 0 Å². The highest BCUT2D eigenvalue weighted by molar-refractivity contribution is 6.01. The Labute approximate surface area is 68.3 Å². The molecule has 0 N–H and O–H groups in total. The van der Waals surface area contributed by atoms with Crippen molar-refractivity contribution in [3.8, 4) is 0 Å². The molecule has 12 heavy (non-hydrogen) atoms. The van der Waals surface area contributed by atoms with Gasteiger partial charge in [-0.25, -0.2) is 0 Å². The molecule has 2 rings (SSSR count). The topological polar surface area (TPSA) is 47.3 Å². The third kappa shape index (κ3) is 0.906. The average molecular weight is 162 g/mol. The van der Waals surface area contributed by atoms with E-state index < -0.39 is 0 Å². The van der Waals surface area contributed by atoms with Crippen LogP contribution in [0, 0.1) is 0 Å². The Kier molecular flexibility index (Phi) is 1.43. The van der Waals surface area contributed by atoms with E-state index in [1.54, 1.807) is 12.2 Å². The Morgan fingerprint density at radius 3 is 2.92 bits per heavy atom. The van der Waals surface area contributed by atoms with Crippen molar-refractivity contribution < 1.29 is 9.21 Å². The fourth-order valence-corrected chi connectivity index (χ4v) is 1.21. The lowest BCUT2D eigenvalue weighted by atomic mass is 10.0. The molecule has 3 nitrogen and oxygen atoms in total. The van der Waals surface area contributed by atoms with Gasteiger partial charge in [0.2, 0.25) is 0 Å². The van der Waals surface area contributed by atoms with Crippen LogP contribution in [0.1, 0.15) is 22.5 Å². The van der Waals surface area contributed by atoms with E-state index in [0.29, 0.717) is 12.2 Å². The largest absolute Gasteiger partial charge is 0.464 e. The number of Topliss-reactive ketones (excluding diaryl/α,β-unsaturated/α-hetero) is 1. The van der Waals surface area contributed by atoms with Gasteiger partial charge in [-0.2, -0.15) is 0 Å². The second-order valence-electron chi connectivity index (χ2n) is 2.55. The minimum absolute atomic E-state index is 0.165. The summed E-state index contributed by atoms with van der Waals surface area (Å²) in [5.41, 5.74) is -0.0781. The molecule has 0 saturated carbocycles. The highest BCUT2D eigenvalue weighted by Gasteiger charge is 2.17. The van der Waals surface area contributed by atoms with E-state index in [0.717, 1.165) is 0 Å². The van der Waals surface area contributed by atoms with Crippen LogP contribution in [-0.4, -0.2) is 5.78 Å². The van der Waals surface area contributed by atoms with E-state index in [2.05, 4.69) is 0 Å². The molecule has 0 aliphatic heterocycles. The zero-order chi connectivity index (χ0) is 8.55. The number of ketones is 1. The molecule has 1 aliphatic carbocycles. The summed E-state index contributed by atoms with van der Waals surface area (Å²) in [6.07, 6.45) is 4.93. The Hall–Kier alpha value is -1.64. The van der Waals surface area contributed by atoms with E-state index in [4.69, 9.17) is 4.42 Å². The van der Waals surface area contributed by atoms with Crippen molar-refractivity contribution in [2.24, 2.45) is 0 Å². The first-order valence-electron chi connectivity index (χ1n) is 3.60. The highest BCUT2D eigenvalue weighted by atomic mass is 16.3. The van der Waals surface area contributed by atoms with Crippen molar-refractivity contribution in [3.05, 3.63) is 40.0 Å². The predicted molar refractivity (Wildman–Crippen MR) is 43.0 cm³/mol. The summed E-state index contributed by atoms with van der Waals surface area (Å²) in [4.78, 5) is 22.4. The molecule has 0 saturated heterocycles. The SMILES string of the molecule is O=C1CC=Cc2occc(=O)c21. The Balaban J connectivity index is 2.79. The number of fused-ring (bicyclic) bond motifs is 1. The maximum atomic E-state index is 11.2. The highest BCUT2D eigenvalue weighted by Crippen LogP contribution is 2.14. The number of hydrogen-bond donors (Lipinski definition) is 0. The molecule has 1 heterocycles. The van der Waals surface area contributed by atoms with E-state index in [-0.39, 0.29) is 16.8 Å². The standard InChI is InChI=1S/C9H6O3/c10-6-2-1-3-8-9(6)7(11)4-5-12-8/h1,3-5H,2H2. The van der Waals surface area contributed by atoms with Gasteiger partial charge in [0.05, 0.1) is 6.26 Å². The van der Waals surface area contributed by atoms with Crippen molar-refractivity contribution in [2.45, 2.75) is 6.42 Å². The van der Waals surface area contributed by atoms with Gasteiger partial charge >= 0.3 is 0 Å². The molecule has 60 valence electrons. The van der Waals surface area contributed by atoms with Gasteiger partial charge in [0.15, 0.2) is 11.2 Å². The fraction of sp³-hybridized carbons (Fsp3) is 0.111. The van der Waals surface area contributed by atoms with Gasteiger partial charge in [-0.3, -0.25) is 9.59 Å². The summed E-state index contributed by atoms with van der Waals surface area (Å²) < 4.78 is 4.99. The van der Waals surface area contributed by atoms with Crippen molar-refractivity contribution in [1.29, 1.82) is 0 Å². The van der Waals surface area contributed by atoms with Gasteiger partial charge in [-0.15, -0.1) is 0 Å². The molecule has 0 atom stereocenters. The van der Waals surface area contributed by atoms with Gasteiger partial charge in [0.25, 0.3) is 0 Å².